The fourth-order valence-electron chi connectivity index (χ4n) is 4.00. The summed E-state index contributed by atoms with van der Waals surface area (Å²) in [4.78, 5) is 47.9. The van der Waals surface area contributed by atoms with E-state index in [9.17, 15) is 14.4 Å². The second-order valence-corrected chi connectivity index (χ2v) is 9.00. The number of likely N-dealkylation sites (N-methyl/N-ethyl adjacent to an activating group) is 1. The van der Waals surface area contributed by atoms with Crippen LogP contribution in [0.4, 0.5) is 10.8 Å². The van der Waals surface area contributed by atoms with Crippen LogP contribution in [0.3, 0.4) is 0 Å². The summed E-state index contributed by atoms with van der Waals surface area (Å²) in [6.07, 6.45) is 0.393. The van der Waals surface area contributed by atoms with Gasteiger partial charge in [-0.1, -0.05) is 31.3 Å². The van der Waals surface area contributed by atoms with Crippen molar-refractivity contribution in [3.8, 4) is 5.75 Å². The number of anilines is 2. The highest BCUT2D eigenvalue weighted by molar-refractivity contribution is 7.22. The van der Waals surface area contributed by atoms with Crippen LogP contribution >= 0.6 is 11.3 Å². The Morgan fingerprint density at radius 1 is 1.06 bits per heavy atom. The normalized spacial score (nSPS) is 13.8. The molecule has 0 N–H and O–H groups in total. The van der Waals surface area contributed by atoms with E-state index in [1.54, 1.807) is 36.3 Å². The lowest BCUT2D eigenvalue weighted by Crippen LogP contribution is -2.39. The Labute approximate surface area is 202 Å². The molecular formula is C25H28N4O4S. The van der Waals surface area contributed by atoms with Crippen LogP contribution in [0.5, 0.6) is 5.75 Å². The highest BCUT2D eigenvalue weighted by Crippen LogP contribution is 2.33. The summed E-state index contributed by atoms with van der Waals surface area (Å²) in [5, 5.41) is 0.596. The summed E-state index contributed by atoms with van der Waals surface area (Å²) in [7, 11) is 1.62. The fraction of sp³-hybridized carbons (Fsp3) is 0.360. The molecule has 8 nitrogen and oxygen atoms in total. The van der Waals surface area contributed by atoms with Gasteiger partial charge in [0.15, 0.2) is 5.13 Å². The van der Waals surface area contributed by atoms with Crippen molar-refractivity contribution >= 4 is 50.1 Å². The van der Waals surface area contributed by atoms with Crippen molar-refractivity contribution in [1.29, 1.82) is 0 Å². The molecule has 1 aromatic heterocycles. The predicted molar refractivity (Wildman–Crippen MR) is 134 cm³/mol. The standard InChI is InChI=1S/C25H28N4O4S/c1-4-27(5-2)13-14-28(25-26-20-10-9-19(33-3)16-21(20)34-25)24(32)17-7-6-8-18(15-17)29-22(30)11-12-23(29)31/h6-10,15-16H,4-5,11-14H2,1-3H3. The monoisotopic (exact) mass is 480 g/mol. The minimum absolute atomic E-state index is 0.197. The predicted octanol–water partition coefficient (Wildman–Crippen LogP) is 3.95. The number of carbonyl (C=O) groups excluding carboxylic acids is 3. The van der Waals surface area contributed by atoms with Gasteiger partial charge < -0.3 is 9.64 Å². The molecule has 1 aliphatic rings. The van der Waals surface area contributed by atoms with Gasteiger partial charge in [-0.2, -0.15) is 0 Å². The first-order valence-electron chi connectivity index (χ1n) is 11.4. The first kappa shape index (κ1) is 23.8. The highest BCUT2D eigenvalue weighted by atomic mass is 32.1. The minimum atomic E-state index is -0.242. The van der Waals surface area contributed by atoms with Gasteiger partial charge in [-0.25, -0.2) is 4.98 Å². The van der Waals surface area contributed by atoms with E-state index in [0.717, 1.165) is 29.1 Å². The third-order valence-corrected chi connectivity index (χ3v) is 7.04. The zero-order chi connectivity index (χ0) is 24.2. The van der Waals surface area contributed by atoms with Crippen LogP contribution in [0.15, 0.2) is 42.5 Å². The first-order valence-corrected chi connectivity index (χ1v) is 12.2. The van der Waals surface area contributed by atoms with E-state index in [4.69, 9.17) is 9.72 Å². The third kappa shape index (κ3) is 4.80. The zero-order valence-corrected chi connectivity index (χ0v) is 20.4. The Balaban J connectivity index is 1.69. The number of aromatic nitrogens is 1. The van der Waals surface area contributed by atoms with Gasteiger partial charge in [-0.3, -0.25) is 24.2 Å². The second-order valence-electron chi connectivity index (χ2n) is 7.99. The largest absolute Gasteiger partial charge is 0.497 e. The average Bonchev–Trinajstić information content (AvgIpc) is 3.43. The van der Waals surface area contributed by atoms with Gasteiger partial charge in [0.1, 0.15) is 5.75 Å². The van der Waals surface area contributed by atoms with Gasteiger partial charge >= 0.3 is 0 Å². The van der Waals surface area contributed by atoms with Crippen LogP contribution in [0, 0.1) is 0 Å². The highest BCUT2D eigenvalue weighted by Gasteiger charge is 2.31. The summed E-state index contributed by atoms with van der Waals surface area (Å²) in [6, 6.07) is 12.3. The van der Waals surface area contributed by atoms with Gasteiger partial charge in [-0.05, 0) is 49.5 Å². The van der Waals surface area contributed by atoms with Crippen molar-refractivity contribution in [2.24, 2.45) is 0 Å². The Kier molecular flexibility index (Phi) is 7.23. The molecule has 3 amide bonds. The smallest absolute Gasteiger partial charge is 0.260 e. The molecule has 2 heterocycles. The first-order chi connectivity index (χ1) is 16.4. The lowest BCUT2D eigenvalue weighted by Gasteiger charge is -2.25. The molecule has 0 saturated carbocycles. The van der Waals surface area contributed by atoms with Crippen LogP contribution in [0.2, 0.25) is 0 Å². The number of thiazole rings is 1. The number of hydrogen-bond acceptors (Lipinski definition) is 7. The van der Waals surface area contributed by atoms with Crippen LogP contribution in [0.1, 0.15) is 37.0 Å². The van der Waals surface area contributed by atoms with Gasteiger partial charge in [0.05, 0.1) is 23.0 Å². The van der Waals surface area contributed by atoms with E-state index < -0.39 is 0 Å². The molecule has 2 aromatic carbocycles. The van der Waals surface area contributed by atoms with Crippen LogP contribution in [-0.2, 0) is 9.59 Å². The number of rotatable bonds is 9. The van der Waals surface area contributed by atoms with Crippen molar-refractivity contribution in [1.82, 2.24) is 9.88 Å². The molecule has 0 atom stereocenters. The molecule has 1 saturated heterocycles. The summed E-state index contributed by atoms with van der Waals surface area (Å²) >= 11 is 1.43. The summed E-state index contributed by atoms with van der Waals surface area (Å²) in [5.74, 6) is 0.0247. The molecule has 9 heteroatoms. The zero-order valence-electron chi connectivity index (χ0n) is 19.6. The molecule has 0 bridgehead atoms. The number of imide groups is 1. The molecule has 34 heavy (non-hydrogen) atoms. The van der Waals surface area contributed by atoms with E-state index in [-0.39, 0.29) is 30.6 Å². The lowest BCUT2D eigenvalue weighted by atomic mass is 10.1. The van der Waals surface area contributed by atoms with Crippen molar-refractivity contribution in [2.75, 3.05) is 43.1 Å². The Hall–Kier alpha value is -3.30. The molecule has 3 aromatic rings. The quantitative estimate of drug-likeness (QED) is 0.432. The van der Waals surface area contributed by atoms with E-state index in [2.05, 4.69) is 18.7 Å². The van der Waals surface area contributed by atoms with Crippen molar-refractivity contribution < 1.29 is 19.1 Å². The van der Waals surface area contributed by atoms with Gasteiger partial charge in [0.25, 0.3) is 5.91 Å². The molecule has 1 fully saturated rings. The number of fused-ring (bicyclic) bond motifs is 1. The molecular weight excluding hydrogens is 452 g/mol. The number of hydrogen-bond donors (Lipinski definition) is 0. The molecule has 1 aliphatic heterocycles. The van der Waals surface area contributed by atoms with E-state index in [1.807, 2.05) is 18.2 Å². The van der Waals surface area contributed by atoms with Crippen molar-refractivity contribution in [3.05, 3.63) is 48.0 Å². The summed E-state index contributed by atoms with van der Waals surface area (Å²) in [6.45, 7) is 7.10. The SMILES string of the molecule is CCN(CC)CCN(C(=O)c1cccc(N2C(=O)CCC2=O)c1)c1nc2ccc(OC)cc2s1. The van der Waals surface area contributed by atoms with Crippen LogP contribution in [0.25, 0.3) is 10.2 Å². The minimum Gasteiger partial charge on any atom is -0.497 e. The maximum Gasteiger partial charge on any atom is 0.260 e. The number of nitrogens with zero attached hydrogens (tertiary/aromatic N) is 4. The maximum absolute atomic E-state index is 13.7. The Morgan fingerprint density at radius 3 is 2.47 bits per heavy atom. The second kappa shape index (κ2) is 10.3. The average molecular weight is 481 g/mol. The molecule has 0 unspecified atom stereocenters. The third-order valence-electron chi connectivity index (χ3n) is 6.00. The maximum atomic E-state index is 13.7. The number of ether oxygens (including phenoxy) is 1. The molecule has 0 spiro atoms. The summed E-state index contributed by atoms with van der Waals surface area (Å²) < 4.78 is 6.26. The number of methoxy groups -OCH3 is 1. The Morgan fingerprint density at radius 2 is 1.79 bits per heavy atom. The summed E-state index contributed by atoms with van der Waals surface area (Å²) in [5.41, 5.74) is 1.63. The van der Waals surface area contributed by atoms with Crippen molar-refractivity contribution in [3.63, 3.8) is 0 Å². The van der Waals surface area contributed by atoms with Crippen LogP contribution in [-0.4, -0.2) is 60.9 Å². The van der Waals surface area contributed by atoms with Gasteiger partial charge in [0.2, 0.25) is 11.8 Å². The van der Waals surface area contributed by atoms with E-state index in [0.29, 0.717) is 29.5 Å². The number of amides is 3. The molecule has 4 rings (SSSR count). The molecule has 178 valence electrons. The molecule has 0 aliphatic carbocycles. The topological polar surface area (TPSA) is 83.0 Å². The number of carbonyl (C=O) groups is 3. The molecule has 0 radical (unpaired) electrons. The lowest BCUT2D eigenvalue weighted by molar-refractivity contribution is -0.121. The van der Waals surface area contributed by atoms with Crippen molar-refractivity contribution in [2.45, 2.75) is 26.7 Å². The van der Waals surface area contributed by atoms with E-state index in [1.165, 1.54) is 16.2 Å². The van der Waals surface area contributed by atoms with Gasteiger partial charge in [0, 0.05) is 31.5 Å². The fourth-order valence-corrected chi connectivity index (χ4v) is 5.02. The van der Waals surface area contributed by atoms with Crippen LogP contribution < -0.4 is 14.5 Å². The van der Waals surface area contributed by atoms with E-state index >= 15 is 0 Å². The van der Waals surface area contributed by atoms with Gasteiger partial charge in [-0.15, -0.1) is 0 Å². The Bertz CT molecular complexity index is 1200. The number of benzene rings is 2.